The SMILES string of the molecule is CCOC(=O)c1cnc2cc(OCc3ccc(C(F)(F)F)cc3)ccc2c1. The normalized spacial score (nSPS) is 11.4. The number of hydrogen-bond donors (Lipinski definition) is 0. The fraction of sp³-hybridized carbons (Fsp3) is 0.200. The Kier molecular flexibility index (Phi) is 5.30. The molecule has 0 atom stereocenters. The minimum Gasteiger partial charge on any atom is -0.489 e. The maximum Gasteiger partial charge on any atom is 0.416 e. The number of benzene rings is 2. The lowest BCUT2D eigenvalue weighted by molar-refractivity contribution is -0.137. The summed E-state index contributed by atoms with van der Waals surface area (Å²) in [5, 5.41) is 0.752. The van der Waals surface area contributed by atoms with Crippen LogP contribution >= 0.6 is 0 Å². The topological polar surface area (TPSA) is 48.4 Å². The summed E-state index contributed by atoms with van der Waals surface area (Å²) < 4.78 is 48.3. The van der Waals surface area contributed by atoms with Gasteiger partial charge < -0.3 is 9.47 Å². The van der Waals surface area contributed by atoms with Crippen molar-refractivity contribution >= 4 is 16.9 Å². The van der Waals surface area contributed by atoms with Crippen LogP contribution in [0.3, 0.4) is 0 Å². The Bertz CT molecular complexity index is 953. The van der Waals surface area contributed by atoms with Crippen molar-refractivity contribution in [3.63, 3.8) is 0 Å². The fourth-order valence-corrected chi connectivity index (χ4v) is 2.47. The van der Waals surface area contributed by atoms with Crippen LogP contribution in [0.4, 0.5) is 13.2 Å². The number of carbonyl (C=O) groups is 1. The lowest BCUT2D eigenvalue weighted by Gasteiger charge is -2.10. The largest absolute Gasteiger partial charge is 0.489 e. The first-order chi connectivity index (χ1) is 12.9. The first-order valence-electron chi connectivity index (χ1n) is 8.22. The maximum absolute atomic E-state index is 12.6. The second-order valence-corrected chi connectivity index (χ2v) is 5.78. The highest BCUT2D eigenvalue weighted by Crippen LogP contribution is 2.29. The van der Waals surface area contributed by atoms with Crippen molar-refractivity contribution in [3.8, 4) is 5.75 Å². The second kappa shape index (κ2) is 7.65. The van der Waals surface area contributed by atoms with Crippen LogP contribution in [-0.2, 0) is 17.5 Å². The van der Waals surface area contributed by atoms with Crippen molar-refractivity contribution in [2.45, 2.75) is 19.7 Å². The zero-order chi connectivity index (χ0) is 19.4. The highest BCUT2D eigenvalue weighted by Gasteiger charge is 2.29. The Hall–Kier alpha value is -3.09. The van der Waals surface area contributed by atoms with Gasteiger partial charge in [0, 0.05) is 17.6 Å². The number of aromatic nitrogens is 1. The molecule has 0 aliphatic carbocycles. The summed E-state index contributed by atoms with van der Waals surface area (Å²) in [4.78, 5) is 16.0. The van der Waals surface area contributed by atoms with Crippen LogP contribution in [0.2, 0.25) is 0 Å². The lowest BCUT2D eigenvalue weighted by Crippen LogP contribution is -2.05. The number of halogens is 3. The quantitative estimate of drug-likeness (QED) is 0.588. The number of esters is 1. The van der Waals surface area contributed by atoms with Crippen LogP contribution < -0.4 is 4.74 Å². The van der Waals surface area contributed by atoms with Crippen LogP contribution in [-0.4, -0.2) is 17.6 Å². The summed E-state index contributed by atoms with van der Waals surface area (Å²) in [6.07, 6.45) is -2.92. The average molecular weight is 375 g/mol. The molecule has 0 aliphatic rings. The monoisotopic (exact) mass is 375 g/mol. The predicted molar refractivity (Wildman–Crippen MR) is 93.5 cm³/mol. The van der Waals surface area contributed by atoms with Gasteiger partial charge in [0.1, 0.15) is 12.4 Å². The van der Waals surface area contributed by atoms with Crippen molar-refractivity contribution in [1.82, 2.24) is 4.98 Å². The number of pyridine rings is 1. The highest BCUT2D eigenvalue weighted by molar-refractivity contribution is 5.93. The summed E-state index contributed by atoms with van der Waals surface area (Å²) in [5.41, 5.74) is 0.919. The van der Waals surface area contributed by atoms with E-state index >= 15 is 0 Å². The van der Waals surface area contributed by atoms with Crippen LogP contribution in [0.15, 0.2) is 54.7 Å². The van der Waals surface area contributed by atoms with Gasteiger partial charge in [0.25, 0.3) is 0 Å². The first kappa shape index (κ1) is 18.7. The molecule has 0 aliphatic heterocycles. The maximum atomic E-state index is 12.6. The van der Waals surface area contributed by atoms with Crippen molar-refractivity contribution in [2.75, 3.05) is 6.61 Å². The Morgan fingerprint density at radius 1 is 1.07 bits per heavy atom. The number of rotatable bonds is 5. The van der Waals surface area contributed by atoms with Crippen molar-refractivity contribution < 1.29 is 27.4 Å². The van der Waals surface area contributed by atoms with Gasteiger partial charge in [-0.2, -0.15) is 13.2 Å². The van der Waals surface area contributed by atoms with E-state index in [1.165, 1.54) is 18.3 Å². The van der Waals surface area contributed by atoms with Crippen molar-refractivity contribution in [1.29, 1.82) is 0 Å². The molecule has 0 bridgehead atoms. The molecule has 27 heavy (non-hydrogen) atoms. The Morgan fingerprint density at radius 2 is 1.81 bits per heavy atom. The van der Waals surface area contributed by atoms with Crippen LogP contribution in [0, 0.1) is 0 Å². The van der Waals surface area contributed by atoms with Crippen LogP contribution in [0.1, 0.15) is 28.4 Å². The number of fused-ring (bicyclic) bond motifs is 1. The number of ether oxygens (including phenoxy) is 2. The number of nitrogens with zero attached hydrogens (tertiary/aromatic N) is 1. The van der Waals surface area contributed by atoms with Crippen LogP contribution in [0.5, 0.6) is 5.75 Å². The smallest absolute Gasteiger partial charge is 0.416 e. The standard InChI is InChI=1S/C20H16F3NO3/c1-2-26-19(25)15-9-14-5-8-17(10-18(14)24-11-15)27-12-13-3-6-16(7-4-13)20(21,22)23/h3-11H,2,12H2,1H3. The predicted octanol–water partition coefficient (Wildman–Crippen LogP) is 5.01. The number of alkyl halides is 3. The zero-order valence-electron chi connectivity index (χ0n) is 14.4. The van der Waals surface area contributed by atoms with E-state index in [-0.39, 0.29) is 13.2 Å². The van der Waals surface area contributed by atoms with Gasteiger partial charge in [-0.3, -0.25) is 4.98 Å². The molecule has 0 saturated carbocycles. The average Bonchev–Trinajstić information content (AvgIpc) is 2.65. The molecule has 3 aromatic rings. The summed E-state index contributed by atoms with van der Waals surface area (Å²) in [6, 6.07) is 11.7. The second-order valence-electron chi connectivity index (χ2n) is 5.78. The van der Waals surface area contributed by atoms with Crippen LogP contribution in [0.25, 0.3) is 10.9 Å². The molecule has 0 radical (unpaired) electrons. The van der Waals surface area contributed by atoms with E-state index in [1.807, 2.05) is 0 Å². The molecule has 2 aromatic carbocycles. The van der Waals surface area contributed by atoms with E-state index in [0.29, 0.717) is 22.4 Å². The molecule has 0 spiro atoms. The zero-order valence-corrected chi connectivity index (χ0v) is 14.4. The van der Waals surface area contributed by atoms with E-state index < -0.39 is 17.7 Å². The molecule has 4 nitrogen and oxygen atoms in total. The molecule has 0 amide bonds. The Morgan fingerprint density at radius 3 is 2.48 bits per heavy atom. The van der Waals surface area contributed by atoms with E-state index in [1.54, 1.807) is 31.2 Å². The van der Waals surface area contributed by atoms with Gasteiger partial charge in [-0.25, -0.2) is 4.79 Å². The summed E-state index contributed by atoms with van der Waals surface area (Å²) >= 11 is 0. The lowest BCUT2D eigenvalue weighted by atomic mass is 10.1. The summed E-state index contributed by atoms with van der Waals surface area (Å²) in [6.45, 7) is 2.14. The van der Waals surface area contributed by atoms with E-state index in [2.05, 4.69) is 4.98 Å². The number of hydrogen-bond acceptors (Lipinski definition) is 4. The highest BCUT2D eigenvalue weighted by atomic mass is 19.4. The minimum atomic E-state index is -4.36. The van der Waals surface area contributed by atoms with E-state index in [4.69, 9.17) is 9.47 Å². The van der Waals surface area contributed by atoms with Gasteiger partial charge in [0.05, 0.1) is 23.3 Å². The molecule has 7 heteroatoms. The van der Waals surface area contributed by atoms with E-state index in [9.17, 15) is 18.0 Å². The third-order valence-electron chi connectivity index (χ3n) is 3.85. The fourth-order valence-electron chi connectivity index (χ4n) is 2.47. The van der Waals surface area contributed by atoms with Crippen molar-refractivity contribution in [3.05, 3.63) is 71.4 Å². The molecule has 0 fully saturated rings. The van der Waals surface area contributed by atoms with Gasteiger partial charge in [-0.15, -0.1) is 0 Å². The van der Waals surface area contributed by atoms with Gasteiger partial charge in [0.2, 0.25) is 0 Å². The third-order valence-corrected chi connectivity index (χ3v) is 3.85. The molecule has 140 valence electrons. The van der Waals surface area contributed by atoms with E-state index in [0.717, 1.165) is 17.5 Å². The van der Waals surface area contributed by atoms with Gasteiger partial charge in [0.15, 0.2) is 0 Å². The van der Waals surface area contributed by atoms with Crippen molar-refractivity contribution in [2.24, 2.45) is 0 Å². The Labute approximate surface area is 153 Å². The molecule has 0 unspecified atom stereocenters. The molecular weight excluding hydrogens is 359 g/mol. The number of carbonyl (C=O) groups excluding carboxylic acids is 1. The molecule has 3 rings (SSSR count). The van der Waals surface area contributed by atoms with Gasteiger partial charge in [-0.05, 0) is 42.8 Å². The first-order valence-corrected chi connectivity index (χ1v) is 8.22. The summed E-state index contributed by atoms with van der Waals surface area (Å²) in [7, 11) is 0. The van der Waals surface area contributed by atoms with Gasteiger partial charge >= 0.3 is 12.1 Å². The molecular formula is C20H16F3NO3. The summed E-state index contributed by atoms with van der Waals surface area (Å²) in [5.74, 6) is 0.0910. The Balaban J connectivity index is 1.70. The third kappa shape index (κ3) is 4.55. The van der Waals surface area contributed by atoms with Gasteiger partial charge in [-0.1, -0.05) is 12.1 Å². The molecule has 1 heterocycles. The minimum absolute atomic E-state index is 0.130. The molecule has 0 saturated heterocycles. The molecule has 1 aromatic heterocycles. The molecule has 0 N–H and O–H groups in total.